The second-order valence-corrected chi connectivity index (χ2v) is 4.78. The lowest BCUT2D eigenvalue weighted by atomic mass is 10.2. The molecule has 0 aromatic heterocycles. The van der Waals surface area contributed by atoms with Gasteiger partial charge in [0.2, 0.25) is 5.91 Å². The fourth-order valence-electron chi connectivity index (χ4n) is 2.03. The van der Waals surface area contributed by atoms with Gasteiger partial charge in [0.25, 0.3) is 5.91 Å². The number of hydrogen-bond acceptors (Lipinski definition) is 4. The normalized spacial score (nSPS) is 14.2. The Hall–Kier alpha value is -1.79. The highest BCUT2D eigenvalue weighted by Gasteiger charge is 2.20. The number of rotatable bonds is 3. The minimum atomic E-state index is -0.188. The molecule has 0 unspecified atom stereocenters. The standard InChI is InChI=1S/C14H19N3O3.ClH/c1-16(10-13(18)17-6-8-20-9-7-17)14(19)11-2-4-12(15)5-3-11;/h2-5H,6-10,15H2,1H3;1H. The summed E-state index contributed by atoms with van der Waals surface area (Å²) in [5.74, 6) is -0.244. The van der Waals surface area contributed by atoms with E-state index in [1.165, 1.54) is 4.90 Å². The molecular formula is C14H20ClN3O3. The van der Waals surface area contributed by atoms with Crippen molar-refractivity contribution in [3.8, 4) is 0 Å². The van der Waals surface area contributed by atoms with Crippen LogP contribution in [0.25, 0.3) is 0 Å². The zero-order valence-corrected chi connectivity index (χ0v) is 12.8. The second kappa shape index (κ2) is 7.85. The zero-order chi connectivity index (χ0) is 14.5. The van der Waals surface area contributed by atoms with Gasteiger partial charge in [-0.25, -0.2) is 0 Å². The summed E-state index contributed by atoms with van der Waals surface area (Å²) in [4.78, 5) is 27.4. The third kappa shape index (κ3) is 4.61. The van der Waals surface area contributed by atoms with Gasteiger partial charge in [-0.3, -0.25) is 9.59 Å². The molecular weight excluding hydrogens is 294 g/mol. The molecule has 1 aromatic rings. The Kier molecular flexibility index (Phi) is 6.45. The molecule has 0 spiro atoms. The van der Waals surface area contributed by atoms with Crippen molar-refractivity contribution in [2.75, 3.05) is 45.6 Å². The van der Waals surface area contributed by atoms with E-state index in [4.69, 9.17) is 10.5 Å². The average molecular weight is 314 g/mol. The van der Waals surface area contributed by atoms with Gasteiger partial charge in [-0.1, -0.05) is 0 Å². The van der Waals surface area contributed by atoms with Crippen LogP contribution in [0, 0.1) is 0 Å². The lowest BCUT2D eigenvalue weighted by Gasteiger charge is -2.28. The number of carbonyl (C=O) groups is 2. The predicted molar refractivity (Wildman–Crippen MR) is 82.5 cm³/mol. The largest absolute Gasteiger partial charge is 0.399 e. The van der Waals surface area contributed by atoms with E-state index in [9.17, 15) is 9.59 Å². The average Bonchev–Trinajstić information content (AvgIpc) is 2.48. The zero-order valence-electron chi connectivity index (χ0n) is 11.9. The smallest absolute Gasteiger partial charge is 0.254 e. The molecule has 7 heteroatoms. The van der Waals surface area contributed by atoms with Crippen LogP contribution in [0.15, 0.2) is 24.3 Å². The van der Waals surface area contributed by atoms with Gasteiger partial charge in [0.15, 0.2) is 0 Å². The van der Waals surface area contributed by atoms with Crippen molar-refractivity contribution in [3.63, 3.8) is 0 Å². The van der Waals surface area contributed by atoms with Gasteiger partial charge >= 0.3 is 0 Å². The fraction of sp³-hybridized carbons (Fsp3) is 0.429. The number of amides is 2. The molecule has 1 fully saturated rings. The van der Waals surface area contributed by atoms with Crippen molar-refractivity contribution < 1.29 is 14.3 Å². The molecule has 0 bridgehead atoms. The van der Waals surface area contributed by atoms with Gasteiger partial charge in [-0.05, 0) is 24.3 Å². The minimum Gasteiger partial charge on any atom is -0.399 e. The van der Waals surface area contributed by atoms with Crippen LogP contribution in [0.4, 0.5) is 5.69 Å². The third-order valence-corrected chi connectivity index (χ3v) is 3.24. The van der Waals surface area contributed by atoms with Crippen molar-refractivity contribution in [2.24, 2.45) is 0 Å². The van der Waals surface area contributed by atoms with Crippen molar-refractivity contribution in [1.29, 1.82) is 0 Å². The monoisotopic (exact) mass is 313 g/mol. The van der Waals surface area contributed by atoms with E-state index in [2.05, 4.69) is 0 Å². The van der Waals surface area contributed by atoms with Gasteiger partial charge in [-0.15, -0.1) is 12.4 Å². The van der Waals surface area contributed by atoms with E-state index >= 15 is 0 Å². The molecule has 6 nitrogen and oxygen atoms in total. The number of morpholine rings is 1. The second-order valence-electron chi connectivity index (χ2n) is 4.78. The maximum atomic E-state index is 12.2. The number of halogens is 1. The molecule has 2 amide bonds. The molecule has 2 rings (SSSR count). The number of benzene rings is 1. The maximum Gasteiger partial charge on any atom is 0.254 e. The molecule has 0 saturated carbocycles. The Morgan fingerprint density at radius 1 is 1.24 bits per heavy atom. The molecule has 116 valence electrons. The highest BCUT2D eigenvalue weighted by Crippen LogP contribution is 2.08. The van der Waals surface area contributed by atoms with Gasteiger partial charge in [0, 0.05) is 31.4 Å². The van der Waals surface area contributed by atoms with E-state index in [1.54, 1.807) is 36.2 Å². The Bertz CT molecular complexity index is 487. The maximum absolute atomic E-state index is 12.2. The predicted octanol–water partition coefficient (Wildman–Crippen LogP) is 0.621. The highest BCUT2D eigenvalue weighted by molar-refractivity contribution is 5.96. The van der Waals surface area contributed by atoms with Crippen molar-refractivity contribution >= 4 is 29.9 Å². The first-order valence-electron chi connectivity index (χ1n) is 6.54. The van der Waals surface area contributed by atoms with Crippen LogP contribution in [-0.2, 0) is 9.53 Å². The first-order valence-corrected chi connectivity index (χ1v) is 6.54. The molecule has 1 heterocycles. The quantitative estimate of drug-likeness (QED) is 0.830. The summed E-state index contributed by atoms with van der Waals surface area (Å²) in [5, 5.41) is 0. The van der Waals surface area contributed by atoms with Crippen LogP contribution in [-0.4, -0.2) is 61.5 Å². The summed E-state index contributed by atoms with van der Waals surface area (Å²) >= 11 is 0. The Labute approximate surface area is 130 Å². The van der Waals surface area contributed by atoms with E-state index < -0.39 is 0 Å². The van der Waals surface area contributed by atoms with Crippen LogP contribution >= 0.6 is 12.4 Å². The number of anilines is 1. The molecule has 0 aliphatic carbocycles. The van der Waals surface area contributed by atoms with Crippen LogP contribution in [0.3, 0.4) is 0 Å². The molecule has 21 heavy (non-hydrogen) atoms. The molecule has 2 N–H and O–H groups in total. The SMILES string of the molecule is CN(CC(=O)N1CCOCC1)C(=O)c1ccc(N)cc1.Cl. The number of carbonyl (C=O) groups excluding carboxylic acids is 2. The van der Waals surface area contributed by atoms with Crippen molar-refractivity contribution in [1.82, 2.24) is 9.80 Å². The Morgan fingerprint density at radius 3 is 2.38 bits per heavy atom. The molecule has 1 saturated heterocycles. The molecule has 0 atom stereocenters. The van der Waals surface area contributed by atoms with E-state index in [-0.39, 0.29) is 30.8 Å². The lowest BCUT2D eigenvalue weighted by Crippen LogP contribution is -2.46. The van der Waals surface area contributed by atoms with Crippen LogP contribution in [0.5, 0.6) is 0 Å². The van der Waals surface area contributed by atoms with E-state index in [0.717, 1.165) is 0 Å². The van der Waals surface area contributed by atoms with Crippen LogP contribution < -0.4 is 5.73 Å². The number of likely N-dealkylation sites (N-methyl/N-ethyl adjacent to an activating group) is 1. The minimum absolute atomic E-state index is 0. The van der Waals surface area contributed by atoms with E-state index in [1.807, 2.05) is 0 Å². The molecule has 1 aliphatic rings. The number of nitrogens with zero attached hydrogens (tertiary/aromatic N) is 2. The molecule has 1 aliphatic heterocycles. The van der Waals surface area contributed by atoms with Crippen molar-refractivity contribution in [3.05, 3.63) is 29.8 Å². The summed E-state index contributed by atoms with van der Waals surface area (Å²) in [6.07, 6.45) is 0. The number of ether oxygens (including phenoxy) is 1. The third-order valence-electron chi connectivity index (χ3n) is 3.24. The molecule has 1 aromatic carbocycles. The summed E-state index contributed by atoms with van der Waals surface area (Å²) in [6.45, 7) is 2.36. The van der Waals surface area contributed by atoms with Gasteiger partial charge in [-0.2, -0.15) is 0 Å². The first kappa shape index (κ1) is 17.3. The first-order chi connectivity index (χ1) is 9.58. The van der Waals surface area contributed by atoms with Crippen LogP contribution in [0.1, 0.15) is 10.4 Å². The van der Waals surface area contributed by atoms with E-state index in [0.29, 0.717) is 37.6 Å². The van der Waals surface area contributed by atoms with Crippen molar-refractivity contribution in [2.45, 2.75) is 0 Å². The summed E-state index contributed by atoms with van der Waals surface area (Å²) in [7, 11) is 1.62. The number of nitrogen functional groups attached to an aromatic ring is 1. The van der Waals surface area contributed by atoms with Crippen LogP contribution in [0.2, 0.25) is 0 Å². The fourth-order valence-corrected chi connectivity index (χ4v) is 2.03. The highest BCUT2D eigenvalue weighted by atomic mass is 35.5. The Balaban J connectivity index is 0.00000220. The Morgan fingerprint density at radius 2 is 1.81 bits per heavy atom. The molecule has 0 radical (unpaired) electrons. The van der Waals surface area contributed by atoms with Gasteiger partial charge < -0.3 is 20.3 Å². The summed E-state index contributed by atoms with van der Waals surface area (Å²) in [6, 6.07) is 6.66. The summed E-state index contributed by atoms with van der Waals surface area (Å²) < 4.78 is 5.20. The van der Waals surface area contributed by atoms with Gasteiger partial charge in [0.05, 0.1) is 19.8 Å². The van der Waals surface area contributed by atoms with Gasteiger partial charge in [0.1, 0.15) is 0 Å². The number of hydrogen-bond donors (Lipinski definition) is 1. The lowest BCUT2D eigenvalue weighted by molar-refractivity contribution is -0.135. The summed E-state index contributed by atoms with van der Waals surface area (Å²) in [5.41, 5.74) is 6.71. The number of nitrogens with two attached hydrogens (primary N) is 1. The topological polar surface area (TPSA) is 75.9 Å².